The molecule has 5 nitrogen and oxygen atoms in total. The van der Waals surface area contributed by atoms with Crippen molar-refractivity contribution in [3.05, 3.63) is 84.9 Å². The van der Waals surface area contributed by atoms with Crippen molar-refractivity contribution in [1.82, 2.24) is 0 Å². The monoisotopic (exact) mass is 391 g/mol. The first-order chi connectivity index (χ1) is 14.2. The number of rotatable bonds is 10. The van der Waals surface area contributed by atoms with Crippen LogP contribution in [0, 0.1) is 0 Å². The first-order valence-electron chi connectivity index (χ1n) is 9.68. The molecule has 0 saturated heterocycles. The van der Waals surface area contributed by atoms with Gasteiger partial charge in [0, 0.05) is 5.69 Å². The van der Waals surface area contributed by atoms with Crippen LogP contribution >= 0.6 is 0 Å². The molecule has 1 atom stereocenters. The van der Waals surface area contributed by atoms with E-state index < -0.39 is 6.10 Å². The molecule has 1 amide bonds. The van der Waals surface area contributed by atoms with Crippen LogP contribution in [0.15, 0.2) is 84.9 Å². The molecular formula is C24H25NO4. The van der Waals surface area contributed by atoms with Crippen molar-refractivity contribution in [3.63, 3.8) is 0 Å². The van der Waals surface area contributed by atoms with E-state index in [1.807, 2.05) is 79.7 Å². The molecule has 0 bridgehead atoms. The van der Waals surface area contributed by atoms with Crippen LogP contribution in [0.25, 0.3) is 0 Å². The lowest BCUT2D eigenvalue weighted by Gasteiger charge is -2.17. The summed E-state index contributed by atoms with van der Waals surface area (Å²) in [4.78, 5) is 12.5. The first kappa shape index (κ1) is 20.3. The molecule has 3 aromatic carbocycles. The molecule has 0 fully saturated rings. The van der Waals surface area contributed by atoms with Crippen molar-refractivity contribution >= 4 is 11.6 Å². The second-order valence-corrected chi connectivity index (χ2v) is 6.35. The lowest BCUT2D eigenvalue weighted by atomic mass is 10.2. The number of ether oxygens (including phenoxy) is 3. The van der Waals surface area contributed by atoms with Gasteiger partial charge in [0.1, 0.15) is 30.5 Å². The summed E-state index contributed by atoms with van der Waals surface area (Å²) in [6.07, 6.45) is 0.0204. The van der Waals surface area contributed by atoms with E-state index in [-0.39, 0.29) is 5.91 Å². The third-order valence-corrected chi connectivity index (χ3v) is 4.17. The van der Waals surface area contributed by atoms with Crippen molar-refractivity contribution < 1.29 is 19.0 Å². The number of amides is 1. The lowest BCUT2D eigenvalue weighted by molar-refractivity contribution is -0.122. The van der Waals surface area contributed by atoms with Gasteiger partial charge in [-0.3, -0.25) is 4.79 Å². The van der Waals surface area contributed by atoms with E-state index in [2.05, 4.69) is 5.32 Å². The van der Waals surface area contributed by atoms with Gasteiger partial charge in [-0.1, -0.05) is 43.3 Å². The van der Waals surface area contributed by atoms with Gasteiger partial charge in [0.05, 0.1) is 0 Å². The highest BCUT2D eigenvalue weighted by Gasteiger charge is 2.18. The Balaban J connectivity index is 1.44. The van der Waals surface area contributed by atoms with Gasteiger partial charge in [-0.2, -0.15) is 0 Å². The van der Waals surface area contributed by atoms with E-state index in [1.165, 1.54) is 0 Å². The van der Waals surface area contributed by atoms with Crippen molar-refractivity contribution in [2.24, 2.45) is 0 Å². The van der Waals surface area contributed by atoms with Gasteiger partial charge in [-0.15, -0.1) is 0 Å². The lowest BCUT2D eigenvalue weighted by Crippen LogP contribution is -2.32. The zero-order valence-corrected chi connectivity index (χ0v) is 16.4. The summed E-state index contributed by atoms with van der Waals surface area (Å²) in [6, 6.07) is 26.2. The number of anilines is 1. The summed E-state index contributed by atoms with van der Waals surface area (Å²) in [6.45, 7) is 2.81. The molecule has 0 heterocycles. The predicted octanol–water partition coefficient (Wildman–Crippen LogP) is 4.94. The number of hydrogen-bond acceptors (Lipinski definition) is 4. The van der Waals surface area contributed by atoms with Crippen LogP contribution in [0.5, 0.6) is 17.2 Å². The highest BCUT2D eigenvalue weighted by molar-refractivity contribution is 5.94. The fourth-order valence-electron chi connectivity index (χ4n) is 2.68. The van der Waals surface area contributed by atoms with E-state index in [0.29, 0.717) is 36.8 Å². The van der Waals surface area contributed by atoms with E-state index in [4.69, 9.17) is 14.2 Å². The summed E-state index contributed by atoms with van der Waals surface area (Å²) >= 11 is 0. The molecule has 0 unspecified atom stereocenters. The Morgan fingerprint density at radius 2 is 1.28 bits per heavy atom. The van der Waals surface area contributed by atoms with Crippen LogP contribution in [-0.4, -0.2) is 25.2 Å². The normalized spacial score (nSPS) is 11.3. The average Bonchev–Trinajstić information content (AvgIpc) is 2.77. The maximum atomic E-state index is 12.5. The summed E-state index contributed by atoms with van der Waals surface area (Å²) in [7, 11) is 0. The van der Waals surface area contributed by atoms with Gasteiger partial charge in [0.2, 0.25) is 0 Å². The standard InChI is InChI=1S/C24H25NO4/c1-2-23(29-22-11-7-4-8-12-22)24(26)25-19-13-15-21(16-14-19)28-18-17-27-20-9-5-3-6-10-20/h3-16,23H,2,17-18H2,1H3,(H,25,26)/t23-/m0/s1. The van der Waals surface area contributed by atoms with Crippen LogP contribution in [0.4, 0.5) is 5.69 Å². The molecule has 1 N–H and O–H groups in total. The van der Waals surface area contributed by atoms with Gasteiger partial charge in [0.15, 0.2) is 6.10 Å². The molecule has 0 aromatic heterocycles. The quantitative estimate of drug-likeness (QED) is 0.497. The Bertz CT molecular complexity index is 866. The minimum atomic E-state index is -0.552. The van der Waals surface area contributed by atoms with Crippen molar-refractivity contribution in [3.8, 4) is 17.2 Å². The van der Waals surface area contributed by atoms with Crippen LogP contribution < -0.4 is 19.5 Å². The number of carbonyl (C=O) groups excluding carboxylic acids is 1. The number of carbonyl (C=O) groups is 1. The maximum absolute atomic E-state index is 12.5. The first-order valence-corrected chi connectivity index (χ1v) is 9.68. The summed E-state index contributed by atoms with van der Waals surface area (Å²) in [5.74, 6) is 2.03. The number of para-hydroxylation sites is 2. The minimum Gasteiger partial charge on any atom is -0.490 e. The molecule has 29 heavy (non-hydrogen) atoms. The Morgan fingerprint density at radius 1 is 0.759 bits per heavy atom. The summed E-state index contributed by atoms with van der Waals surface area (Å²) < 4.78 is 17.0. The number of nitrogens with one attached hydrogen (secondary N) is 1. The summed E-state index contributed by atoms with van der Waals surface area (Å²) in [5, 5.41) is 2.88. The molecule has 0 aliphatic rings. The zero-order chi connectivity index (χ0) is 20.3. The number of hydrogen-bond donors (Lipinski definition) is 1. The predicted molar refractivity (Wildman–Crippen MR) is 114 cm³/mol. The molecule has 150 valence electrons. The third kappa shape index (κ3) is 6.57. The smallest absolute Gasteiger partial charge is 0.265 e. The average molecular weight is 391 g/mol. The highest BCUT2D eigenvalue weighted by Crippen LogP contribution is 2.18. The number of benzene rings is 3. The summed E-state index contributed by atoms with van der Waals surface area (Å²) in [5.41, 5.74) is 0.693. The Labute approximate surface area is 171 Å². The topological polar surface area (TPSA) is 56.8 Å². The van der Waals surface area contributed by atoms with Gasteiger partial charge in [-0.05, 0) is 55.0 Å². The molecule has 3 aromatic rings. The van der Waals surface area contributed by atoms with Crippen LogP contribution in [-0.2, 0) is 4.79 Å². The van der Waals surface area contributed by atoms with E-state index in [9.17, 15) is 4.79 Å². The Kier molecular flexibility index (Phi) is 7.52. The second-order valence-electron chi connectivity index (χ2n) is 6.35. The van der Waals surface area contributed by atoms with Gasteiger partial charge in [0.25, 0.3) is 5.91 Å². The van der Waals surface area contributed by atoms with Crippen molar-refractivity contribution in [2.45, 2.75) is 19.4 Å². The van der Waals surface area contributed by atoms with Crippen molar-refractivity contribution in [2.75, 3.05) is 18.5 Å². The largest absolute Gasteiger partial charge is 0.490 e. The molecule has 0 aliphatic carbocycles. The second kappa shape index (κ2) is 10.8. The maximum Gasteiger partial charge on any atom is 0.265 e. The van der Waals surface area contributed by atoms with Gasteiger partial charge >= 0.3 is 0 Å². The molecular weight excluding hydrogens is 366 g/mol. The van der Waals surface area contributed by atoms with E-state index >= 15 is 0 Å². The van der Waals surface area contributed by atoms with Crippen LogP contribution in [0.3, 0.4) is 0 Å². The molecule has 0 radical (unpaired) electrons. The molecule has 5 heteroatoms. The Morgan fingerprint density at radius 3 is 1.83 bits per heavy atom. The van der Waals surface area contributed by atoms with Gasteiger partial charge in [-0.25, -0.2) is 0 Å². The SMILES string of the molecule is CC[C@H](Oc1ccccc1)C(=O)Nc1ccc(OCCOc2ccccc2)cc1. The van der Waals surface area contributed by atoms with Crippen molar-refractivity contribution in [1.29, 1.82) is 0 Å². The molecule has 3 rings (SSSR count). The molecule has 0 spiro atoms. The molecule has 0 saturated carbocycles. The van der Waals surface area contributed by atoms with Crippen LogP contribution in [0.2, 0.25) is 0 Å². The minimum absolute atomic E-state index is 0.179. The van der Waals surface area contributed by atoms with E-state index in [1.54, 1.807) is 12.1 Å². The van der Waals surface area contributed by atoms with Gasteiger partial charge < -0.3 is 19.5 Å². The highest BCUT2D eigenvalue weighted by atomic mass is 16.5. The fourth-order valence-corrected chi connectivity index (χ4v) is 2.68. The van der Waals surface area contributed by atoms with E-state index in [0.717, 1.165) is 5.75 Å². The third-order valence-electron chi connectivity index (χ3n) is 4.17. The zero-order valence-electron chi connectivity index (χ0n) is 16.4. The fraction of sp³-hybridized carbons (Fsp3) is 0.208. The molecule has 0 aliphatic heterocycles. The van der Waals surface area contributed by atoms with Crippen LogP contribution in [0.1, 0.15) is 13.3 Å². The Hall–Kier alpha value is -3.47.